The van der Waals surface area contributed by atoms with Gasteiger partial charge in [0, 0.05) is 25.6 Å². The van der Waals surface area contributed by atoms with Crippen molar-refractivity contribution in [3.05, 3.63) is 0 Å². The average Bonchev–Trinajstić information content (AvgIpc) is 3.00. The Morgan fingerprint density at radius 2 is 2.07 bits per heavy atom. The SMILES string of the molecule is NC(=O)C1CNCCN1C(=O)C1CC1. The Bertz CT molecular complexity index is 263. The highest BCUT2D eigenvalue weighted by molar-refractivity contribution is 5.89. The number of piperazine rings is 1. The summed E-state index contributed by atoms with van der Waals surface area (Å²) in [5.74, 6) is -0.142. The van der Waals surface area contributed by atoms with Gasteiger partial charge in [0.1, 0.15) is 6.04 Å². The molecule has 5 nitrogen and oxygen atoms in total. The number of rotatable bonds is 2. The summed E-state index contributed by atoms with van der Waals surface area (Å²) in [6.07, 6.45) is 1.93. The first-order valence-electron chi connectivity index (χ1n) is 5.00. The first-order valence-corrected chi connectivity index (χ1v) is 5.00. The fourth-order valence-corrected chi connectivity index (χ4v) is 1.79. The van der Waals surface area contributed by atoms with Crippen molar-refractivity contribution in [2.75, 3.05) is 19.6 Å². The van der Waals surface area contributed by atoms with Gasteiger partial charge in [0.2, 0.25) is 11.8 Å². The summed E-state index contributed by atoms with van der Waals surface area (Å²) in [5, 5.41) is 3.07. The van der Waals surface area contributed by atoms with Gasteiger partial charge in [-0.05, 0) is 12.8 Å². The lowest BCUT2D eigenvalue weighted by Gasteiger charge is -2.34. The molecule has 2 rings (SSSR count). The van der Waals surface area contributed by atoms with Crippen LogP contribution >= 0.6 is 0 Å². The van der Waals surface area contributed by atoms with Crippen LogP contribution in [0.5, 0.6) is 0 Å². The van der Waals surface area contributed by atoms with Gasteiger partial charge in [-0.1, -0.05) is 0 Å². The number of nitrogens with zero attached hydrogens (tertiary/aromatic N) is 1. The molecular weight excluding hydrogens is 182 g/mol. The lowest BCUT2D eigenvalue weighted by atomic mass is 10.1. The Balaban J connectivity index is 2.05. The Kier molecular flexibility index (Phi) is 2.41. The zero-order valence-electron chi connectivity index (χ0n) is 8.03. The van der Waals surface area contributed by atoms with Gasteiger partial charge >= 0.3 is 0 Å². The predicted octanol–water partition coefficient (Wildman–Crippen LogP) is -1.32. The van der Waals surface area contributed by atoms with Crippen LogP contribution < -0.4 is 11.1 Å². The fourth-order valence-electron chi connectivity index (χ4n) is 1.79. The van der Waals surface area contributed by atoms with Gasteiger partial charge in [0.15, 0.2) is 0 Å². The molecule has 0 aromatic heterocycles. The third-order valence-electron chi connectivity index (χ3n) is 2.78. The van der Waals surface area contributed by atoms with Crippen molar-refractivity contribution < 1.29 is 9.59 Å². The van der Waals surface area contributed by atoms with Crippen molar-refractivity contribution in [1.82, 2.24) is 10.2 Å². The van der Waals surface area contributed by atoms with Crippen LogP contribution in [-0.4, -0.2) is 42.4 Å². The zero-order chi connectivity index (χ0) is 10.1. The van der Waals surface area contributed by atoms with Crippen molar-refractivity contribution in [1.29, 1.82) is 0 Å². The van der Waals surface area contributed by atoms with Crippen LogP contribution in [0.3, 0.4) is 0 Å². The summed E-state index contributed by atoms with van der Waals surface area (Å²) >= 11 is 0. The minimum absolute atomic E-state index is 0.107. The molecule has 2 amide bonds. The highest BCUT2D eigenvalue weighted by atomic mass is 16.2. The molecule has 1 unspecified atom stereocenters. The molecule has 1 aliphatic carbocycles. The second-order valence-corrected chi connectivity index (χ2v) is 3.93. The second kappa shape index (κ2) is 3.57. The lowest BCUT2D eigenvalue weighted by molar-refractivity contribution is -0.141. The molecule has 0 radical (unpaired) electrons. The average molecular weight is 197 g/mol. The second-order valence-electron chi connectivity index (χ2n) is 3.93. The van der Waals surface area contributed by atoms with E-state index in [4.69, 9.17) is 5.73 Å². The third kappa shape index (κ3) is 1.72. The fraction of sp³-hybridized carbons (Fsp3) is 0.778. The van der Waals surface area contributed by atoms with Gasteiger partial charge < -0.3 is 16.0 Å². The molecule has 0 bridgehead atoms. The molecule has 0 aromatic carbocycles. The maximum absolute atomic E-state index is 11.8. The molecule has 3 N–H and O–H groups in total. The van der Waals surface area contributed by atoms with Gasteiger partial charge in [-0.3, -0.25) is 9.59 Å². The van der Waals surface area contributed by atoms with E-state index in [1.165, 1.54) is 0 Å². The first-order chi connectivity index (χ1) is 6.70. The van der Waals surface area contributed by atoms with Crippen LogP contribution in [-0.2, 0) is 9.59 Å². The number of hydrogen-bond donors (Lipinski definition) is 2. The summed E-state index contributed by atoms with van der Waals surface area (Å²) in [5.41, 5.74) is 5.24. The molecule has 0 spiro atoms. The Morgan fingerprint density at radius 3 is 2.64 bits per heavy atom. The molecular formula is C9H15N3O2. The van der Waals surface area contributed by atoms with E-state index in [1.807, 2.05) is 0 Å². The largest absolute Gasteiger partial charge is 0.368 e. The van der Waals surface area contributed by atoms with E-state index in [1.54, 1.807) is 4.90 Å². The number of nitrogens with one attached hydrogen (secondary N) is 1. The monoisotopic (exact) mass is 197 g/mol. The predicted molar refractivity (Wildman–Crippen MR) is 50.3 cm³/mol. The smallest absolute Gasteiger partial charge is 0.241 e. The minimum atomic E-state index is -0.447. The summed E-state index contributed by atoms with van der Waals surface area (Å²) in [6, 6.07) is -0.447. The number of carbonyl (C=O) groups is 2. The summed E-state index contributed by atoms with van der Waals surface area (Å²) in [7, 11) is 0. The van der Waals surface area contributed by atoms with E-state index in [2.05, 4.69) is 5.32 Å². The molecule has 0 aromatic rings. The maximum atomic E-state index is 11.8. The minimum Gasteiger partial charge on any atom is -0.368 e. The van der Waals surface area contributed by atoms with E-state index in [0.29, 0.717) is 13.1 Å². The van der Waals surface area contributed by atoms with Crippen molar-refractivity contribution in [2.45, 2.75) is 18.9 Å². The van der Waals surface area contributed by atoms with Crippen LogP contribution in [0.4, 0.5) is 0 Å². The number of carbonyl (C=O) groups excluding carboxylic acids is 2. The molecule has 78 valence electrons. The van der Waals surface area contributed by atoms with E-state index in [-0.39, 0.29) is 11.8 Å². The summed E-state index contributed by atoms with van der Waals surface area (Å²) in [4.78, 5) is 24.5. The Hall–Kier alpha value is -1.10. The highest BCUT2D eigenvalue weighted by Gasteiger charge is 2.38. The zero-order valence-corrected chi connectivity index (χ0v) is 8.03. The number of primary amides is 1. The molecule has 1 heterocycles. The van der Waals surface area contributed by atoms with Crippen LogP contribution in [0.1, 0.15) is 12.8 Å². The Labute approximate surface area is 82.6 Å². The van der Waals surface area contributed by atoms with Crippen LogP contribution in [0.2, 0.25) is 0 Å². The van der Waals surface area contributed by atoms with Crippen molar-refractivity contribution >= 4 is 11.8 Å². The molecule has 1 aliphatic heterocycles. The first kappa shape index (κ1) is 9.45. The van der Waals surface area contributed by atoms with Crippen molar-refractivity contribution in [3.63, 3.8) is 0 Å². The number of amides is 2. The normalized spacial score (nSPS) is 27.4. The lowest BCUT2D eigenvalue weighted by Crippen LogP contribution is -2.59. The molecule has 1 saturated carbocycles. The number of hydrogen-bond acceptors (Lipinski definition) is 3. The van der Waals surface area contributed by atoms with Gasteiger partial charge in [0.25, 0.3) is 0 Å². The van der Waals surface area contributed by atoms with E-state index < -0.39 is 11.9 Å². The highest BCUT2D eigenvalue weighted by Crippen LogP contribution is 2.31. The van der Waals surface area contributed by atoms with Crippen molar-refractivity contribution in [2.24, 2.45) is 11.7 Å². The molecule has 5 heteroatoms. The molecule has 2 fully saturated rings. The standard InChI is InChI=1S/C9H15N3O2/c10-8(13)7-5-11-3-4-12(7)9(14)6-1-2-6/h6-7,11H,1-5H2,(H2,10,13). The van der Waals surface area contributed by atoms with Gasteiger partial charge in [-0.15, -0.1) is 0 Å². The molecule has 2 aliphatic rings. The summed E-state index contributed by atoms with van der Waals surface area (Å²) < 4.78 is 0. The van der Waals surface area contributed by atoms with E-state index >= 15 is 0 Å². The quantitative estimate of drug-likeness (QED) is 0.576. The number of nitrogens with two attached hydrogens (primary N) is 1. The van der Waals surface area contributed by atoms with Crippen molar-refractivity contribution in [3.8, 4) is 0 Å². The maximum Gasteiger partial charge on any atom is 0.241 e. The van der Waals surface area contributed by atoms with E-state index in [0.717, 1.165) is 19.4 Å². The van der Waals surface area contributed by atoms with Crippen LogP contribution in [0.25, 0.3) is 0 Å². The van der Waals surface area contributed by atoms with Gasteiger partial charge in [-0.2, -0.15) is 0 Å². The van der Waals surface area contributed by atoms with E-state index in [9.17, 15) is 9.59 Å². The summed E-state index contributed by atoms with van der Waals surface area (Å²) in [6.45, 7) is 1.85. The van der Waals surface area contributed by atoms with Crippen LogP contribution in [0.15, 0.2) is 0 Å². The molecule has 1 atom stereocenters. The van der Waals surface area contributed by atoms with Gasteiger partial charge in [0.05, 0.1) is 0 Å². The topological polar surface area (TPSA) is 75.4 Å². The Morgan fingerprint density at radius 1 is 1.36 bits per heavy atom. The van der Waals surface area contributed by atoms with Crippen LogP contribution in [0, 0.1) is 5.92 Å². The third-order valence-corrected chi connectivity index (χ3v) is 2.78. The molecule has 14 heavy (non-hydrogen) atoms. The molecule has 1 saturated heterocycles. The van der Waals surface area contributed by atoms with Gasteiger partial charge in [-0.25, -0.2) is 0 Å².